The third kappa shape index (κ3) is 4.89. The summed E-state index contributed by atoms with van der Waals surface area (Å²) >= 11 is 5.96. The van der Waals surface area contributed by atoms with E-state index >= 15 is 0 Å². The molecule has 0 bridgehead atoms. The van der Waals surface area contributed by atoms with E-state index < -0.39 is 16.1 Å². The van der Waals surface area contributed by atoms with Gasteiger partial charge in [0.05, 0.1) is 17.0 Å². The van der Waals surface area contributed by atoms with Gasteiger partial charge in [-0.1, -0.05) is 41.9 Å². The van der Waals surface area contributed by atoms with Gasteiger partial charge in [-0.2, -0.15) is 4.31 Å². The van der Waals surface area contributed by atoms with E-state index in [1.54, 1.807) is 17.0 Å². The van der Waals surface area contributed by atoms with E-state index in [9.17, 15) is 13.2 Å². The number of rotatable bonds is 5. The summed E-state index contributed by atoms with van der Waals surface area (Å²) in [4.78, 5) is 14.4. The van der Waals surface area contributed by atoms with Crippen LogP contribution in [0.15, 0.2) is 59.5 Å². The summed E-state index contributed by atoms with van der Waals surface area (Å²) in [5.41, 5.74) is 0.935. The topological polar surface area (TPSA) is 66.9 Å². The molecule has 0 aliphatic carbocycles. The first-order valence-corrected chi connectivity index (χ1v) is 12.5. The molecule has 0 unspecified atom stereocenters. The van der Waals surface area contributed by atoms with Crippen molar-refractivity contribution in [3.05, 3.63) is 65.2 Å². The molecule has 0 N–H and O–H groups in total. The number of sulfonamides is 1. The van der Waals surface area contributed by atoms with Crippen molar-refractivity contribution in [1.29, 1.82) is 0 Å². The maximum Gasteiger partial charge on any atom is 0.409 e. The van der Waals surface area contributed by atoms with Gasteiger partial charge in [0.25, 0.3) is 0 Å². The van der Waals surface area contributed by atoms with Crippen LogP contribution in [0, 0.1) is 0 Å². The molecule has 0 saturated carbocycles. The molecule has 2 fully saturated rings. The predicted molar refractivity (Wildman–Crippen MR) is 119 cm³/mol. The van der Waals surface area contributed by atoms with Crippen LogP contribution in [-0.4, -0.2) is 49.5 Å². The number of amides is 1. The number of piperidine rings is 1. The Bertz CT molecular complexity index is 992. The minimum atomic E-state index is -3.80. The van der Waals surface area contributed by atoms with Crippen molar-refractivity contribution in [3.63, 3.8) is 0 Å². The van der Waals surface area contributed by atoms with Crippen LogP contribution in [0.2, 0.25) is 5.02 Å². The number of likely N-dealkylation sites (tertiary alicyclic amines) is 1. The molecule has 2 aromatic carbocycles. The second-order valence-electron chi connectivity index (χ2n) is 8.07. The summed E-state index contributed by atoms with van der Waals surface area (Å²) in [5.74, 6) is 0. The van der Waals surface area contributed by atoms with Gasteiger partial charge < -0.3 is 9.64 Å². The zero-order chi connectivity index (χ0) is 21.8. The van der Waals surface area contributed by atoms with Crippen LogP contribution in [0.3, 0.4) is 0 Å². The Hall–Kier alpha value is -2.09. The monoisotopic (exact) mass is 462 g/mol. The summed E-state index contributed by atoms with van der Waals surface area (Å²) in [6, 6.07) is 15.1. The summed E-state index contributed by atoms with van der Waals surface area (Å²) in [6.07, 6.45) is 4.02. The number of hydrogen-bond acceptors (Lipinski definition) is 4. The van der Waals surface area contributed by atoms with Crippen LogP contribution in [0.4, 0.5) is 4.79 Å². The average molecular weight is 463 g/mol. The van der Waals surface area contributed by atoms with Crippen LogP contribution in [-0.2, 0) is 14.8 Å². The maximum atomic E-state index is 13.6. The quantitative estimate of drug-likeness (QED) is 0.636. The normalized spacial score (nSPS) is 22.4. The Kier molecular flexibility index (Phi) is 6.84. The fourth-order valence-corrected chi connectivity index (χ4v) is 6.40. The van der Waals surface area contributed by atoms with E-state index in [0.29, 0.717) is 31.0 Å². The van der Waals surface area contributed by atoms with Gasteiger partial charge in [-0.15, -0.1) is 0 Å². The molecule has 2 aliphatic rings. The molecule has 1 amide bonds. The standard InChI is InChI=1S/C23H27ClN2O4S/c24-19-9-12-21(13-10-19)31(28,29)26-20(11-14-22(26)18-7-3-1-4-8-18)17-30-23(27)25-15-5-2-6-16-25/h1,3-4,7-10,12-13,20,22H,2,5-6,11,14-17H2/t20-,22+/m1/s1. The highest BCUT2D eigenvalue weighted by Crippen LogP contribution is 2.40. The van der Waals surface area contributed by atoms with Gasteiger partial charge in [0.1, 0.15) is 6.61 Å². The molecule has 2 aliphatic heterocycles. The summed E-state index contributed by atoms with van der Waals surface area (Å²) < 4.78 is 34.3. The Balaban J connectivity index is 1.58. The number of nitrogens with zero attached hydrogens (tertiary/aromatic N) is 2. The van der Waals surface area contributed by atoms with Crippen molar-refractivity contribution in [3.8, 4) is 0 Å². The minimum Gasteiger partial charge on any atom is -0.448 e. The zero-order valence-electron chi connectivity index (χ0n) is 17.3. The molecule has 2 aromatic rings. The lowest BCUT2D eigenvalue weighted by Crippen LogP contribution is -2.42. The molecule has 0 radical (unpaired) electrons. The summed E-state index contributed by atoms with van der Waals surface area (Å²) in [7, 11) is -3.80. The van der Waals surface area contributed by atoms with Crippen LogP contribution in [0.25, 0.3) is 0 Å². The van der Waals surface area contributed by atoms with Gasteiger partial charge in [0.15, 0.2) is 0 Å². The second-order valence-corrected chi connectivity index (χ2v) is 10.4. The molecular formula is C23H27ClN2O4S. The number of carbonyl (C=O) groups excluding carboxylic acids is 1. The number of ether oxygens (including phenoxy) is 1. The highest BCUT2D eigenvalue weighted by atomic mass is 35.5. The third-order valence-corrected chi connectivity index (χ3v) is 8.25. The molecular weight excluding hydrogens is 436 g/mol. The van der Waals surface area contributed by atoms with Gasteiger partial charge in [0.2, 0.25) is 10.0 Å². The molecule has 0 spiro atoms. The third-order valence-electron chi connectivity index (χ3n) is 6.03. The minimum absolute atomic E-state index is 0.0471. The van der Waals surface area contributed by atoms with Crippen LogP contribution in [0.5, 0.6) is 0 Å². The number of hydrogen-bond donors (Lipinski definition) is 0. The van der Waals surface area contributed by atoms with E-state index in [-0.39, 0.29) is 23.6 Å². The molecule has 0 aromatic heterocycles. The smallest absolute Gasteiger partial charge is 0.409 e. The largest absolute Gasteiger partial charge is 0.448 e. The predicted octanol–water partition coefficient (Wildman–Crippen LogP) is 4.86. The summed E-state index contributed by atoms with van der Waals surface area (Å²) in [6.45, 7) is 1.44. The fourth-order valence-electron chi connectivity index (χ4n) is 4.43. The molecule has 6 nitrogen and oxygen atoms in total. The lowest BCUT2D eigenvalue weighted by Gasteiger charge is -2.31. The van der Waals surface area contributed by atoms with Gasteiger partial charge >= 0.3 is 6.09 Å². The van der Waals surface area contributed by atoms with Gasteiger partial charge in [-0.05, 0) is 61.9 Å². The molecule has 166 valence electrons. The Morgan fingerprint density at radius 1 is 0.968 bits per heavy atom. The van der Waals surface area contributed by atoms with Crippen LogP contribution in [0.1, 0.15) is 43.7 Å². The lowest BCUT2D eigenvalue weighted by atomic mass is 10.1. The number of benzene rings is 2. The van der Waals surface area contributed by atoms with E-state index in [1.165, 1.54) is 16.4 Å². The van der Waals surface area contributed by atoms with E-state index in [1.807, 2.05) is 30.3 Å². The van der Waals surface area contributed by atoms with Crippen molar-refractivity contribution in [2.45, 2.75) is 49.1 Å². The first kappa shape index (κ1) is 22.1. The molecule has 2 saturated heterocycles. The number of halogens is 1. The van der Waals surface area contributed by atoms with E-state index in [4.69, 9.17) is 16.3 Å². The Morgan fingerprint density at radius 3 is 2.32 bits per heavy atom. The van der Waals surface area contributed by atoms with Crippen molar-refractivity contribution in [1.82, 2.24) is 9.21 Å². The fraction of sp³-hybridized carbons (Fsp3) is 0.435. The molecule has 2 atom stereocenters. The molecule has 4 rings (SSSR count). The van der Waals surface area contributed by atoms with Crippen molar-refractivity contribution >= 4 is 27.7 Å². The highest BCUT2D eigenvalue weighted by Gasteiger charge is 2.43. The number of carbonyl (C=O) groups is 1. The van der Waals surface area contributed by atoms with Crippen LogP contribution < -0.4 is 0 Å². The first-order valence-electron chi connectivity index (χ1n) is 10.7. The maximum absolute atomic E-state index is 13.6. The van der Waals surface area contributed by atoms with Crippen LogP contribution >= 0.6 is 11.6 Å². The Labute approximate surface area is 188 Å². The molecule has 31 heavy (non-hydrogen) atoms. The van der Waals surface area contributed by atoms with Crippen molar-refractivity contribution in [2.75, 3.05) is 19.7 Å². The van der Waals surface area contributed by atoms with Gasteiger partial charge in [-0.25, -0.2) is 13.2 Å². The Morgan fingerprint density at radius 2 is 1.65 bits per heavy atom. The van der Waals surface area contributed by atoms with Gasteiger partial charge in [-0.3, -0.25) is 0 Å². The summed E-state index contributed by atoms with van der Waals surface area (Å²) in [5, 5.41) is 0.479. The van der Waals surface area contributed by atoms with E-state index in [0.717, 1.165) is 24.8 Å². The highest BCUT2D eigenvalue weighted by molar-refractivity contribution is 7.89. The van der Waals surface area contributed by atoms with E-state index in [2.05, 4.69) is 0 Å². The molecule has 8 heteroatoms. The van der Waals surface area contributed by atoms with Crippen molar-refractivity contribution < 1.29 is 17.9 Å². The zero-order valence-corrected chi connectivity index (χ0v) is 18.9. The SMILES string of the molecule is O=C(OC[C@H]1CC[C@@H](c2ccccc2)N1S(=O)(=O)c1ccc(Cl)cc1)N1CCCCC1. The van der Waals surface area contributed by atoms with Crippen molar-refractivity contribution in [2.24, 2.45) is 0 Å². The second kappa shape index (κ2) is 9.59. The lowest BCUT2D eigenvalue weighted by molar-refractivity contribution is 0.0792. The molecule has 2 heterocycles. The van der Waals surface area contributed by atoms with Gasteiger partial charge in [0, 0.05) is 18.1 Å². The average Bonchev–Trinajstić information content (AvgIpc) is 3.24. The first-order chi connectivity index (χ1) is 15.0.